The van der Waals surface area contributed by atoms with Gasteiger partial charge in [-0.2, -0.15) is 0 Å². The maximum atomic E-state index is 11.8. The molecule has 0 aromatic heterocycles. The Morgan fingerprint density at radius 1 is 1.33 bits per heavy atom. The average Bonchev–Trinajstić information content (AvgIpc) is 2.12. The third-order valence-electron chi connectivity index (χ3n) is 5.55. The molecule has 1 atom stereocenters. The summed E-state index contributed by atoms with van der Waals surface area (Å²) in [6, 6.07) is 0. The minimum Gasteiger partial charge on any atom is -0.469 e. The minimum absolute atomic E-state index is 0.0196. The Kier molecular flexibility index (Phi) is 3.18. The summed E-state index contributed by atoms with van der Waals surface area (Å²) in [5.74, 6) is 1.10. The molecule has 18 heavy (non-hydrogen) atoms. The van der Waals surface area contributed by atoms with Crippen molar-refractivity contribution in [3.05, 3.63) is 0 Å². The molecule has 3 saturated carbocycles. The fraction of sp³-hybridized carbons (Fsp3) is 0.929. The van der Waals surface area contributed by atoms with E-state index in [1.165, 1.54) is 7.11 Å². The summed E-state index contributed by atoms with van der Waals surface area (Å²) in [4.78, 5) is 11.8. The van der Waals surface area contributed by atoms with Crippen LogP contribution in [-0.4, -0.2) is 28.0 Å². The second-order valence-corrected chi connectivity index (χ2v) is 12.3. The summed E-state index contributed by atoms with van der Waals surface area (Å²) in [5.41, 5.74) is -0.179. The average molecular weight is 270 g/mol. The highest BCUT2D eigenvalue weighted by Crippen LogP contribution is 2.69. The summed E-state index contributed by atoms with van der Waals surface area (Å²) in [5, 5.41) is 0.235. The van der Waals surface area contributed by atoms with E-state index in [2.05, 4.69) is 33.9 Å². The Balaban J connectivity index is 1.92. The van der Waals surface area contributed by atoms with E-state index in [0.29, 0.717) is 11.8 Å². The highest BCUT2D eigenvalue weighted by atomic mass is 28.4. The predicted octanol–water partition coefficient (Wildman–Crippen LogP) is 3.21. The first-order valence-electron chi connectivity index (χ1n) is 6.86. The minimum atomic E-state index is -1.69. The first-order valence-corrected chi connectivity index (χ1v) is 9.77. The number of carbonyl (C=O) groups excluding carboxylic acids is 1. The first kappa shape index (κ1) is 14.1. The largest absolute Gasteiger partial charge is 0.469 e. The van der Waals surface area contributed by atoms with Gasteiger partial charge in [-0.05, 0) is 42.8 Å². The van der Waals surface area contributed by atoms with Crippen molar-refractivity contribution < 1.29 is 14.0 Å². The Bertz CT molecular complexity index is 351. The topological polar surface area (TPSA) is 35.5 Å². The molecule has 104 valence electrons. The number of rotatable bonds is 4. The van der Waals surface area contributed by atoms with E-state index in [4.69, 9.17) is 9.16 Å². The molecule has 0 radical (unpaired) electrons. The van der Waals surface area contributed by atoms with Crippen LogP contribution >= 0.6 is 0 Å². The molecule has 0 saturated heterocycles. The van der Waals surface area contributed by atoms with E-state index in [0.717, 1.165) is 19.4 Å². The van der Waals surface area contributed by atoms with Crippen molar-refractivity contribution in [3.63, 3.8) is 0 Å². The quantitative estimate of drug-likeness (QED) is 0.581. The van der Waals surface area contributed by atoms with Crippen LogP contribution in [0.1, 0.15) is 33.6 Å². The predicted molar refractivity (Wildman–Crippen MR) is 73.8 cm³/mol. The Labute approximate surface area is 111 Å². The lowest BCUT2D eigenvalue weighted by Gasteiger charge is -2.66. The summed E-state index contributed by atoms with van der Waals surface area (Å²) < 4.78 is 11.2. The summed E-state index contributed by atoms with van der Waals surface area (Å²) in [6.07, 6.45) is 2.04. The molecule has 3 aliphatic carbocycles. The zero-order chi connectivity index (χ0) is 13.8. The van der Waals surface area contributed by atoms with Crippen LogP contribution in [0.15, 0.2) is 0 Å². The molecule has 0 spiro atoms. The molecule has 0 heterocycles. The van der Waals surface area contributed by atoms with Crippen LogP contribution in [0, 0.1) is 17.3 Å². The second-order valence-electron chi connectivity index (χ2n) is 7.49. The van der Waals surface area contributed by atoms with E-state index in [-0.39, 0.29) is 16.4 Å². The Morgan fingerprint density at radius 3 is 2.22 bits per heavy atom. The van der Waals surface area contributed by atoms with Crippen LogP contribution in [0.3, 0.4) is 0 Å². The third-order valence-corrected chi connectivity index (χ3v) is 10.1. The lowest BCUT2D eigenvalue weighted by molar-refractivity contribution is -0.226. The van der Waals surface area contributed by atoms with Gasteiger partial charge in [0.05, 0.1) is 12.5 Å². The SMILES string of the molecule is COC(=O)C12CC(C1)C2CO[Si](C)(C)C(C)(C)C. The van der Waals surface area contributed by atoms with Gasteiger partial charge in [-0.1, -0.05) is 20.8 Å². The smallest absolute Gasteiger partial charge is 0.312 e. The van der Waals surface area contributed by atoms with E-state index >= 15 is 0 Å². The number of hydrogen-bond donors (Lipinski definition) is 0. The van der Waals surface area contributed by atoms with Gasteiger partial charge in [0.25, 0.3) is 0 Å². The van der Waals surface area contributed by atoms with Gasteiger partial charge in [0.1, 0.15) is 0 Å². The summed E-state index contributed by atoms with van der Waals surface area (Å²) >= 11 is 0. The van der Waals surface area contributed by atoms with E-state index in [9.17, 15) is 4.79 Å². The number of methoxy groups -OCH3 is 1. The maximum Gasteiger partial charge on any atom is 0.312 e. The Hall–Kier alpha value is -0.353. The third kappa shape index (κ3) is 1.85. The van der Waals surface area contributed by atoms with E-state index < -0.39 is 8.32 Å². The molecule has 4 heteroatoms. The highest BCUT2D eigenvalue weighted by Gasteiger charge is 2.70. The van der Waals surface area contributed by atoms with Crippen LogP contribution in [0.4, 0.5) is 0 Å². The highest BCUT2D eigenvalue weighted by molar-refractivity contribution is 6.74. The van der Waals surface area contributed by atoms with Crippen molar-refractivity contribution >= 4 is 14.3 Å². The van der Waals surface area contributed by atoms with Crippen molar-refractivity contribution in [1.82, 2.24) is 0 Å². The van der Waals surface area contributed by atoms with Crippen LogP contribution in [0.2, 0.25) is 18.1 Å². The Morgan fingerprint density at radius 2 is 1.89 bits per heavy atom. The van der Waals surface area contributed by atoms with Gasteiger partial charge in [-0.3, -0.25) is 4.79 Å². The molecule has 2 bridgehead atoms. The van der Waals surface area contributed by atoms with Crippen LogP contribution in [0.25, 0.3) is 0 Å². The van der Waals surface area contributed by atoms with Gasteiger partial charge in [-0.15, -0.1) is 0 Å². The molecule has 1 unspecified atom stereocenters. The van der Waals surface area contributed by atoms with Crippen molar-refractivity contribution in [2.45, 2.75) is 51.7 Å². The normalized spacial score (nSPS) is 34.6. The fourth-order valence-electron chi connectivity index (χ4n) is 2.92. The second kappa shape index (κ2) is 4.07. The number of hydrogen-bond acceptors (Lipinski definition) is 3. The van der Waals surface area contributed by atoms with E-state index in [1.807, 2.05) is 0 Å². The molecular formula is C14H26O3Si. The standard InChI is InChI=1S/C14H26O3Si/c1-13(2,3)18(5,6)17-9-11-10-7-14(11,8-10)12(15)16-4/h10-11H,7-9H2,1-6H3. The number of ether oxygens (including phenoxy) is 1. The molecule has 3 rings (SSSR count). The maximum absolute atomic E-state index is 11.8. The van der Waals surface area contributed by atoms with Gasteiger partial charge in [0.15, 0.2) is 8.32 Å². The van der Waals surface area contributed by atoms with Gasteiger partial charge >= 0.3 is 5.97 Å². The zero-order valence-corrected chi connectivity index (χ0v) is 13.5. The van der Waals surface area contributed by atoms with Gasteiger partial charge in [0, 0.05) is 6.61 Å². The zero-order valence-electron chi connectivity index (χ0n) is 12.5. The lowest BCUT2D eigenvalue weighted by Crippen LogP contribution is -2.67. The molecular weight excluding hydrogens is 244 g/mol. The van der Waals surface area contributed by atoms with Gasteiger partial charge in [-0.25, -0.2) is 0 Å². The van der Waals surface area contributed by atoms with Crippen molar-refractivity contribution in [2.24, 2.45) is 17.3 Å². The molecule has 0 N–H and O–H groups in total. The first-order chi connectivity index (χ1) is 8.14. The monoisotopic (exact) mass is 270 g/mol. The van der Waals surface area contributed by atoms with Crippen LogP contribution in [0.5, 0.6) is 0 Å². The summed E-state index contributed by atoms with van der Waals surface area (Å²) in [7, 11) is -0.195. The van der Waals surface area contributed by atoms with Crippen molar-refractivity contribution in [3.8, 4) is 0 Å². The molecule has 0 aromatic carbocycles. The van der Waals surface area contributed by atoms with Crippen molar-refractivity contribution in [1.29, 1.82) is 0 Å². The van der Waals surface area contributed by atoms with Gasteiger partial charge in [0.2, 0.25) is 0 Å². The van der Waals surface area contributed by atoms with Crippen molar-refractivity contribution in [2.75, 3.05) is 13.7 Å². The molecule has 0 amide bonds. The van der Waals surface area contributed by atoms with Gasteiger partial charge < -0.3 is 9.16 Å². The molecule has 0 aromatic rings. The molecule has 3 aliphatic rings. The number of esters is 1. The molecule has 3 nitrogen and oxygen atoms in total. The lowest BCUT2D eigenvalue weighted by atomic mass is 9.38. The number of carbonyl (C=O) groups is 1. The fourth-order valence-corrected chi connectivity index (χ4v) is 3.95. The summed E-state index contributed by atoms with van der Waals surface area (Å²) in [6.45, 7) is 12.0. The molecule has 3 fully saturated rings. The van der Waals surface area contributed by atoms with E-state index in [1.54, 1.807) is 0 Å². The van der Waals surface area contributed by atoms with Crippen LogP contribution < -0.4 is 0 Å². The molecule has 0 aliphatic heterocycles. The van der Waals surface area contributed by atoms with Crippen LogP contribution in [-0.2, 0) is 14.0 Å².